The number of ether oxygens (including phenoxy) is 6. The van der Waals surface area contributed by atoms with Crippen molar-refractivity contribution < 1.29 is 28.4 Å². The fourth-order valence-electron chi connectivity index (χ4n) is 5.94. The van der Waals surface area contributed by atoms with Gasteiger partial charge in [-0.25, -0.2) is 0 Å². The van der Waals surface area contributed by atoms with Crippen molar-refractivity contribution in [3.05, 3.63) is 41.5 Å². The van der Waals surface area contributed by atoms with Gasteiger partial charge in [0.1, 0.15) is 5.75 Å². The summed E-state index contributed by atoms with van der Waals surface area (Å²) in [6.07, 6.45) is 3.16. The zero-order valence-electron chi connectivity index (χ0n) is 24.2. The van der Waals surface area contributed by atoms with Crippen molar-refractivity contribution in [2.45, 2.75) is 72.6 Å². The molecule has 0 bridgehead atoms. The predicted molar refractivity (Wildman–Crippen MR) is 144 cm³/mol. The predicted octanol–water partition coefficient (Wildman–Crippen LogP) is 6.30. The maximum absolute atomic E-state index is 6.53. The Bertz CT molecular complexity index is 778. The molecule has 0 radical (unpaired) electrons. The molecule has 206 valence electrons. The van der Waals surface area contributed by atoms with Crippen LogP contribution in [0.4, 0.5) is 0 Å². The van der Waals surface area contributed by atoms with E-state index in [1.807, 2.05) is 31.4 Å². The second-order valence-electron chi connectivity index (χ2n) is 10.8. The minimum absolute atomic E-state index is 0.0363. The summed E-state index contributed by atoms with van der Waals surface area (Å²) in [6.45, 7) is 14.7. The van der Waals surface area contributed by atoms with Crippen molar-refractivity contribution in [1.82, 2.24) is 0 Å². The van der Waals surface area contributed by atoms with Gasteiger partial charge in [0.25, 0.3) is 0 Å². The molecule has 6 nitrogen and oxygen atoms in total. The molecule has 0 amide bonds. The van der Waals surface area contributed by atoms with Crippen LogP contribution in [0.1, 0.15) is 59.8 Å². The summed E-state index contributed by atoms with van der Waals surface area (Å²) >= 11 is 0. The smallest absolute Gasteiger partial charge is 0.184 e. The highest BCUT2D eigenvalue weighted by Gasteiger charge is 2.39. The first kappa shape index (κ1) is 30.8. The summed E-state index contributed by atoms with van der Waals surface area (Å²) in [5.74, 6) is 2.28. The lowest BCUT2D eigenvalue weighted by Crippen LogP contribution is -2.45. The largest absolute Gasteiger partial charge is 0.497 e. The zero-order valence-corrected chi connectivity index (χ0v) is 24.2. The summed E-state index contributed by atoms with van der Waals surface area (Å²) in [7, 11) is 7.02. The summed E-state index contributed by atoms with van der Waals surface area (Å²) in [5, 5.41) is 0. The molecule has 0 N–H and O–H groups in total. The summed E-state index contributed by atoms with van der Waals surface area (Å²) < 4.78 is 35.1. The first-order chi connectivity index (χ1) is 17.2. The van der Waals surface area contributed by atoms with Crippen molar-refractivity contribution in [3.8, 4) is 5.75 Å². The number of hydrogen-bond acceptors (Lipinski definition) is 6. The molecule has 2 rings (SSSR count). The Balaban J connectivity index is 2.06. The van der Waals surface area contributed by atoms with Gasteiger partial charge in [-0.1, -0.05) is 58.4 Å². The number of rotatable bonds is 14. The van der Waals surface area contributed by atoms with Crippen LogP contribution in [0.3, 0.4) is 0 Å². The van der Waals surface area contributed by atoms with Gasteiger partial charge in [0.05, 0.1) is 38.6 Å². The van der Waals surface area contributed by atoms with Crippen LogP contribution in [0.5, 0.6) is 5.75 Å². The lowest BCUT2D eigenvalue weighted by Gasteiger charge is -2.42. The second kappa shape index (κ2) is 15.1. The summed E-state index contributed by atoms with van der Waals surface area (Å²) in [4.78, 5) is 0. The fraction of sp³-hybridized carbons (Fsp3) is 0.733. The Morgan fingerprint density at radius 2 is 1.61 bits per heavy atom. The maximum Gasteiger partial charge on any atom is 0.184 e. The molecule has 1 aromatic carbocycles. The highest BCUT2D eigenvalue weighted by molar-refractivity contribution is 5.28. The molecule has 0 aliphatic carbocycles. The Morgan fingerprint density at radius 1 is 0.972 bits per heavy atom. The third-order valence-electron chi connectivity index (χ3n) is 7.58. The van der Waals surface area contributed by atoms with Gasteiger partial charge in [-0.2, -0.15) is 0 Å². The molecule has 1 aliphatic heterocycles. The topological polar surface area (TPSA) is 55.4 Å². The third kappa shape index (κ3) is 8.29. The van der Waals surface area contributed by atoms with Crippen LogP contribution < -0.4 is 4.74 Å². The standard InChI is InChI=1S/C30H50O6/c1-19(15-20(2)27(33-9)22(4)17-31-7)16-21(3)28(34-10)24(6)29-23(5)18-35-30(36-29)25-11-13-26(32-8)14-12-25/h11-15,20-24,27-30H,16-18H2,1-10H3/b19-15+. The molecule has 0 saturated carbocycles. The van der Waals surface area contributed by atoms with Gasteiger partial charge in [-0.05, 0) is 31.4 Å². The van der Waals surface area contributed by atoms with Crippen LogP contribution in [0, 0.1) is 29.6 Å². The Kier molecular flexibility index (Phi) is 12.9. The van der Waals surface area contributed by atoms with Crippen molar-refractivity contribution in [3.63, 3.8) is 0 Å². The monoisotopic (exact) mass is 506 g/mol. The molecular weight excluding hydrogens is 456 g/mol. The van der Waals surface area contributed by atoms with Crippen molar-refractivity contribution in [2.75, 3.05) is 41.7 Å². The third-order valence-corrected chi connectivity index (χ3v) is 7.58. The van der Waals surface area contributed by atoms with Crippen LogP contribution in [0.2, 0.25) is 0 Å². The van der Waals surface area contributed by atoms with E-state index in [-0.39, 0.29) is 36.4 Å². The van der Waals surface area contributed by atoms with E-state index in [1.165, 1.54) is 5.57 Å². The molecule has 0 spiro atoms. The van der Waals surface area contributed by atoms with E-state index >= 15 is 0 Å². The zero-order chi connectivity index (χ0) is 26.8. The number of benzene rings is 1. The van der Waals surface area contributed by atoms with Gasteiger partial charge in [0.15, 0.2) is 6.29 Å². The number of hydrogen-bond donors (Lipinski definition) is 0. The van der Waals surface area contributed by atoms with Crippen LogP contribution in [0.15, 0.2) is 35.9 Å². The van der Waals surface area contributed by atoms with Crippen LogP contribution >= 0.6 is 0 Å². The van der Waals surface area contributed by atoms with Crippen LogP contribution in [-0.4, -0.2) is 60.0 Å². The molecular formula is C30H50O6. The minimum atomic E-state index is -0.380. The molecule has 1 heterocycles. The highest BCUT2D eigenvalue weighted by Crippen LogP contribution is 2.37. The normalized spacial score (nSPS) is 26.1. The molecule has 1 fully saturated rings. The van der Waals surface area contributed by atoms with Gasteiger partial charge < -0.3 is 28.4 Å². The molecule has 1 aliphatic rings. The first-order valence-electron chi connectivity index (χ1n) is 13.3. The Morgan fingerprint density at radius 3 is 2.17 bits per heavy atom. The van der Waals surface area contributed by atoms with E-state index < -0.39 is 0 Å². The first-order valence-corrected chi connectivity index (χ1v) is 13.3. The van der Waals surface area contributed by atoms with Crippen molar-refractivity contribution in [1.29, 1.82) is 0 Å². The fourth-order valence-corrected chi connectivity index (χ4v) is 5.94. The molecule has 9 unspecified atom stereocenters. The lowest BCUT2D eigenvalue weighted by molar-refractivity contribution is -0.258. The van der Waals surface area contributed by atoms with E-state index in [1.54, 1.807) is 21.3 Å². The minimum Gasteiger partial charge on any atom is -0.497 e. The van der Waals surface area contributed by atoms with Crippen LogP contribution in [-0.2, 0) is 23.7 Å². The quantitative estimate of drug-likeness (QED) is 0.276. The number of allylic oxidation sites excluding steroid dienone is 1. The van der Waals surface area contributed by atoms with E-state index in [0.717, 1.165) is 17.7 Å². The maximum atomic E-state index is 6.53. The van der Waals surface area contributed by atoms with Crippen molar-refractivity contribution >= 4 is 0 Å². The molecule has 1 aromatic rings. The molecule has 36 heavy (non-hydrogen) atoms. The summed E-state index contributed by atoms with van der Waals surface area (Å²) in [6, 6.07) is 7.90. The average Bonchev–Trinajstić information content (AvgIpc) is 2.85. The van der Waals surface area contributed by atoms with Gasteiger partial charge in [-0.15, -0.1) is 0 Å². The second-order valence-corrected chi connectivity index (χ2v) is 10.8. The van der Waals surface area contributed by atoms with E-state index in [2.05, 4.69) is 47.6 Å². The molecule has 0 aromatic heterocycles. The van der Waals surface area contributed by atoms with Gasteiger partial charge in [0, 0.05) is 50.6 Å². The van der Waals surface area contributed by atoms with Crippen LogP contribution in [0.25, 0.3) is 0 Å². The van der Waals surface area contributed by atoms with E-state index in [0.29, 0.717) is 31.0 Å². The van der Waals surface area contributed by atoms with Crippen molar-refractivity contribution in [2.24, 2.45) is 29.6 Å². The van der Waals surface area contributed by atoms with E-state index in [9.17, 15) is 0 Å². The molecule has 9 atom stereocenters. The highest BCUT2D eigenvalue weighted by atomic mass is 16.7. The Hall–Kier alpha value is -1.44. The Labute approximate surface area is 219 Å². The molecule has 6 heteroatoms. The SMILES string of the molecule is COCC(C)C(OC)C(C)/C=C(\C)CC(C)C(OC)C(C)C1OC(c2ccc(OC)cc2)OCC1C. The number of methoxy groups -OCH3 is 4. The van der Waals surface area contributed by atoms with Gasteiger partial charge >= 0.3 is 0 Å². The van der Waals surface area contributed by atoms with Gasteiger partial charge in [0.2, 0.25) is 0 Å². The average molecular weight is 507 g/mol. The van der Waals surface area contributed by atoms with Gasteiger partial charge in [-0.3, -0.25) is 0 Å². The van der Waals surface area contributed by atoms with E-state index in [4.69, 9.17) is 28.4 Å². The summed E-state index contributed by atoms with van der Waals surface area (Å²) in [5.41, 5.74) is 2.36. The molecule has 1 saturated heterocycles. The lowest BCUT2D eigenvalue weighted by atomic mass is 9.81.